The molecule has 1 aromatic rings. The maximum atomic E-state index is 5.70. The fourth-order valence-corrected chi connectivity index (χ4v) is 0.888. The van der Waals surface area contributed by atoms with Gasteiger partial charge in [0.1, 0.15) is 5.82 Å². The number of rotatable bonds is 4. The maximum absolute atomic E-state index is 5.70. The lowest BCUT2D eigenvalue weighted by molar-refractivity contribution is 0.178. The van der Waals surface area contributed by atoms with Gasteiger partial charge in [0.2, 0.25) is 0 Å². The highest BCUT2D eigenvalue weighted by Gasteiger charge is 2.10. The molecule has 68 valence electrons. The quantitative estimate of drug-likeness (QED) is 0.667. The summed E-state index contributed by atoms with van der Waals surface area (Å²) in [6.07, 6.45) is 0.840. The van der Waals surface area contributed by atoms with Crippen molar-refractivity contribution in [3.63, 3.8) is 0 Å². The van der Waals surface area contributed by atoms with E-state index >= 15 is 0 Å². The molecule has 0 bridgehead atoms. The van der Waals surface area contributed by atoms with Gasteiger partial charge in [-0.15, -0.1) is 0 Å². The van der Waals surface area contributed by atoms with E-state index in [9.17, 15) is 0 Å². The highest BCUT2D eigenvalue weighted by atomic mass is 16.5. The van der Waals surface area contributed by atoms with Crippen molar-refractivity contribution in [2.75, 3.05) is 13.7 Å². The Balaban J connectivity index is 2.61. The average Bonchev–Trinajstić information content (AvgIpc) is 2.52. The van der Waals surface area contributed by atoms with E-state index < -0.39 is 0 Å². The molecular formula is C7H14N4O. The number of aromatic nitrogens is 3. The topological polar surface area (TPSA) is 76.8 Å². The maximum Gasteiger partial charge on any atom is 0.169 e. The van der Waals surface area contributed by atoms with Gasteiger partial charge in [-0.1, -0.05) is 6.92 Å². The number of hydrogen-bond donors (Lipinski definition) is 2. The summed E-state index contributed by atoms with van der Waals surface area (Å²) in [7, 11) is 1.60. The van der Waals surface area contributed by atoms with Crippen molar-refractivity contribution in [1.29, 1.82) is 0 Å². The van der Waals surface area contributed by atoms with Gasteiger partial charge in [0, 0.05) is 13.5 Å². The minimum absolute atomic E-state index is 0.230. The van der Waals surface area contributed by atoms with Crippen LogP contribution in [0.3, 0.4) is 0 Å². The number of nitrogens with two attached hydrogens (primary N) is 1. The van der Waals surface area contributed by atoms with Gasteiger partial charge in [-0.3, -0.25) is 5.10 Å². The Morgan fingerprint density at radius 3 is 2.92 bits per heavy atom. The van der Waals surface area contributed by atoms with Crippen LogP contribution < -0.4 is 5.73 Å². The third-order valence-electron chi connectivity index (χ3n) is 1.56. The Bertz CT molecular complexity index is 235. The van der Waals surface area contributed by atoms with E-state index in [-0.39, 0.29) is 6.04 Å². The molecule has 0 spiro atoms. The lowest BCUT2D eigenvalue weighted by Gasteiger charge is -2.03. The summed E-state index contributed by atoms with van der Waals surface area (Å²) in [5, 5.41) is 6.76. The molecule has 5 nitrogen and oxygen atoms in total. The largest absolute Gasteiger partial charge is 0.383 e. The van der Waals surface area contributed by atoms with Gasteiger partial charge >= 0.3 is 0 Å². The zero-order chi connectivity index (χ0) is 8.97. The molecular weight excluding hydrogens is 156 g/mol. The van der Waals surface area contributed by atoms with Crippen LogP contribution in [0.2, 0.25) is 0 Å². The number of hydrogen-bond acceptors (Lipinski definition) is 4. The predicted octanol–water partition coefficient (Wildman–Crippen LogP) is 0.0133. The van der Waals surface area contributed by atoms with Gasteiger partial charge in [-0.2, -0.15) is 5.10 Å². The second-order valence-corrected chi connectivity index (χ2v) is 2.56. The summed E-state index contributed by atoms with van der Waals surface area (Å²) in [4.78, 5) is 4.18. The Hall–Kier alpha value is -0.940. The summed E-state index contributed by atoms with van der Waals surface area (Å²) in [5.74, 6) is 1.48. The minimum Gasteiger partial charge on any atom is -0.383 e. The molecule has 12 heavy (non-hydrogen) atoms. The first-order valence-corrected chi connectivity index (χ1v) is 3.93. The molecule has 3 N–H and O–H groups in total. The Morgan fingerprint density at radius 2 is 2.42 bits per heavy atom. The summed E-state index contributed by atoms with van der Waals surface area (Å²) in [5.41, 5.74) is 5.70. The Kier molecular flexibility index (Phi) is 3.19. The van der Waals surface area contributed by atoms with Crippen LogP contribution in [-0.2, 0) is 11.2 Å². The number of nitrogens with one attached hydrogen (secondary N) is 1. The molecule has 0 amide bonds. The smallest absolute Gasteiger partial charge is 0.169 e. The molecule has 1 atom stereocenters. The summed E-state index contributed by atoms with van der Waals surface area (Å²) < 4.78 is 4.88. The SMILES string of the molecule is CCc1nc(C(N)COC)n[nH]1. The molecule has 0 aliphatic rings. The van der Waals surface area contributed by atoms with Gasteiger partial charge in [-0.25, -0.2) is 4.98 Å². The summed E-state index contributed by atoms with van der Waals surface area (Å²) in [6, 6.07) is -0.230. The number of aryl methyl sites for hydroxylation is 1. The number of aromatic amines is 1. The zero-order valence-electron chi connectivity index (χ0n) is 7.37. The van der Waals surface area contributed by atoms with Crippen molar-refractivity contribution in [2.45, 2.75) is 19.4 Å². The number of methoxy groups -OCH3 is 1. The number of H-pyrrole nitrogens is 1. The van der Waals surface area contributed by atoms with Crippen molar-refractivity contribution in [1.82, 2.24) is 15.2 Å². The second kappa shape index (κ2) is 4.18. The molecule has 0 fully saturated rings. The third-order valence-corrected chi connectivity index (χ3v) is 1.56. The lowest BCUT2D eigenvalue weighted by atomic mass is 10.3. The van der Waals surface area contributed by atoms with Crippen LogP contribution in [-0.4, -0.2) is 28.9 Å². The minimum atomic E-state index is -0.230. The second-order valence-electron chi connectivity index (χ2n) is 2.56. The van der Waals surface area contributed by atoms with Crippen molar-refractivity contribution < 1.29 is 4.74 Å². The first-order chi connectivity index (χ1) is 5.77. The highest BCUT2D eigenvalue weighted by Crippen LogP contribution is 2.03. The summed E-state index contributed by atoms with van der Waals surface area (Å²) in [6.45, 7) is 2.45. The molecule has 1 heterocycles. The van der Waals surface area contributed by atoms with E-state index in [0.29, 0.717) is 12.4 Å². The van der Waals surface area contributed by atoms with E-state index in [1.165, 1.54) is 0 Å². The van der Waals surface area contributed by atoms with Crippen molar-refractivity contribution >= 4 is 0 Å². The molecule has 1 aromatic heterocycles. The number of nitrogens with zero attached hydrogens (tertiary/aromatic N) is 2. The Morgan fingerprint density at radius 1 is 1.67 bits per heavy atom. The van der Waals surface area contributed by atoms with Crippen molar-refractivity contribution in [3.05, 3.63) is 11.6 Å². The molecule has 1 rings (SSSR count). The molecule has 0 saturated carbocycles. The standard InChI is InChI=1S/C7H14N4O/c1-3-6-9-7(11-10-6)5(8)4-12-2/h5H,3-4,8H2,1-2H3,(H,9,10,11). The first-order valence-electron chi connectivity index (χ1n) is 3.93. The molecule has 0 aromatic carbocycles. The highest BCUT2D eigenvalue weighted by molar-refractivity contribution is 4.95. The zero-order valence-corrected chi connectivity index (χ0v) is 7.37. The van der Waals surface area contributed by atoms with Crippen LogP contribution in [0.15, 0.2) is 0 Å². The van der Waals surface area contributed by atoms with Crippen LogP contribution in [0.5, 0.6) is 0 Å². The molecule has 1 unspecified atom stereocenters. The molecule has 0 radical (unpaired) electrons. The van der Waals surface area contributed by atoms with Gasteiger partial charge in [-0.05, 0) is 0 Å². The van der Waals surface area contributed by atoms with Gasteiger partial charge in [0.25, 0.3) is 0 Å². The first kappa shape index (κ1) is 9.15. The van der Waals surface area contributed by atoms with Crippen LogP contribution in [0.25, 0.3) is 0 Å². The average molecular weight is 170 g/mol. The molecule has 0 saturated heterocycles. The van der Waals surface area contributed by atoms with Crippen LogP contribution >= 0.6 is 0 Å². The predicted molar refractivity (Wildman–Crippen MR) is 44.6 cm³/mol. The van der Waals surface area contributed by atoms with Gasteiger partial charge < -0.3 is 10.5 Å². The number of ether oxygens (including phenoxy) is 1. The van der Waals surface area contributed by atoms with E-state index in [2.05, 4.69) is 15.2 Å². The van der Waals surface area contributed by atoms with Crippen molar-refractivity contribution in [2.24, 2.45) is 5.73 Å². The van der Waals surface area contributed by atoms with Crippen LogP contribution in [0.1, 0.15) is 24.6 Å². The molecule has 0 aliphatic carbocycles. The fraction of sp³-hybridized carbons (Fsp3) is 0.714. The van der Waals surface area contributed by atoms with E-state index in [4.69, 9.17) is 10.5 Å². The van der Waals surface area contributed by atoms with E-state index in [1.54, 1.807) is 7.11 Å². The lowest BCUT2D eigenvalue weighted by Crippen LogP contribution is -2.17. The van der Waals surface area contributed by atoms with Crippen molar-refractivity contribution in [3.8, 4) is 0 Å². The summed E-state index contributed by atoms with van der Waals surface area (Å²) >= 11 is 0. The Labute approximate surface area is 71.3 Å². The van der Waals surface area contributed by atoms with Gasteiger partial charge in [0.05, 0.1) is 12.6 Å². The van der Waals surface area contributed by atoms with Crippen LogP contribution in [0, 0.1) is 0 Å². The van der Waals surface area contributed by atoms with Crippen LogP contribution in [0.4, 0.5) is 0 Å². The fourth-order valence-electron chi connectivity index (χ4n) is 0.888. The van der Waals surface area contributed by atoms with E-state index in [1.807, 2.05) is 6.92 Å². The third kappa shape index (κ3) is 2.02. The molecule has 5 heteroatoms. The normalized spacial score (nSPS) is 13.2. The van der Waals surface area contributed by atoms with E-state index in [0.717, 1.165) is 12.2 Å². The van der Waals surface area contributed by atoms with Gasteiger partial charge in [0.15, 0.2) is 5.82 Å². The molecule has 0 aliphatic heterocycles. The monoisotopic (exact) mass is 170 g/mol.